The molecule has 0 aliphatic rings. The van der Waals surface area contributed by atoms with E-state index in [2.05, 4.69) is 9.44 Å². The van der Waals surface area contributed by atoms with Crippen molar-refractivity contribution in [3.05, 3.63) is 12.1 Å². The van der Waals surface area contributed by atoms with Crippen molar-refractivity contribution in [2.24, 2.45) is 0 Å². The molecule has 0 aromatic heterocycles. The number of benzene rings is 1. The van der Waals surface area contributed by atoms with E-state index in [0.717, 1.165) is 0 Å². The molecule has 0 heterocycles. The summed E-state index contributed by atoms with van der Waals surface area (Å²) in [7, 11) is 0. The molecule has 0 fully saturated rings. The molecule has 0 aliphatic heterocycles. The van der Waals surface area contributed by atoms with E-state index in [-0.39, 0.29) is 43.2 Å². The summed E-state index contributed by atoms with van der Waals surface area (Å²) in [5, 5.41) is 9.43. The van der Waals surface area contributed by atoms with E-state index in [1.165, 1.54) is 12.1 Å². The Kier molecular flexibility index (Phi) is 5.11. The molecule has 0 amide bonds. The van der Waals surface area contributed by atoms with E-state index in [1.807, 2.05) is 0 Å². The maximum atomic E-state index is 10.6. The summed E-state index contributed by atoms with van der Waals surface area (Å²) in [5.74, 6) is -0.00874. The van der Waals surface area contributed by atoms with E-state index in [1.54, 1.807) is 0 Å². The van der Waals surface area contributed by atoms with Gasteiger partial charge in [-0.25, -0.2) is 0 Å². The van der Waals surface area contributed by atoms with Gasteiger partial charge in [0, 0.05) is 0 Å². The second kappa shape index (κ2) is 5.91. The first-order chi connectivity index (χ1) is 7.41. The Labute approximate surface area is 112 Å². The molecule has 1 aromatic rings. The van der Waals surface area contributed by atoms with Gasteiger partial charge in [0.2, 0.25) is 0 Å². The molecule has 0 saturated heterocycles. The van der Waals surface area contributed by atoms with Crippen LogP contribution in [0.5, 0.6) is 5.75 Å². The fraction of sp³-hybridized carbons (Fsp3) is 0. The zero-order valence-corrected chi connectivity index (χ0v) is 15.0. The van der Waals surface area contributed by atoms with Gasteiger partial charge in [-0.2, -0.15) is 0 Å². The fourth-order valence-electron chi connectivity index (χ4n) is 1.02. The number of aromatic hydroxyl groups is 1. The number of rotatable bonds is 4. The average Bonchev–Trinajstić information content (AvgIpc) is 2.16. The van der Waals surface area contributed by atoms with Crippen molar-refractivity contribution in [1.82, 2.24) is 0 Å². The monoisotopic (exact) mass is 453 g/mol. The molecule has 0 bridgehead atoms. The summed E-state index contributed by atoms with van der Waals surface area (Å²) >= 11 is -4.63. The Balaban J connectivity index is 3.20. The summed E-state index contributed by atoms with van der Waals surface area (Å²) in [5.41, 5.74) is 0.359. The van der Waals surface area contributed by atoms with Crippen molar-refractivity contribution >= 4 is 37.0 Å². The van der Waals surface area contributed by atoms with Gasteiger partial charge in [0.05, 0.1) is 0 Å². The first kappa shape index (κ1) is 13.8. The summed E-state index contributed by atoms with van der Waals surface area (Å²) in [4.78, 5) is 0. The number of hydrogen-bond acceptors (Lipinski definition) is 3. The number of phenolic OH excluding ortho intramolecular Hbond substituents is 1. The van der Waals surface area contributed by atoms with Crippen LogP contribution in [0.25, 0.3) is 0 Å². The van der Waals surface area contributed by atoms with Crippen LogP contribution in [-0.4, -0.2) is 22.6 Å². The molecule has 0 aliphatic carbocycles. The summed E-state index contributed by atoms with van der Waals surface area (Å²) in [6.07, 6.45) is 0. The van der Waals surface area contributed by atoms with Gasteiger partial charge >= 0.3 is 113 Å². The summed E-state index contributed by atoms with van der Waals surface area (Å²) < 4.78 is 43.5. The molecule has 16 heavy (non-hydrogen) atoms. The first-order valence-electron chi connectivity index (χ1n) is 3.84. The van der Waals surface area contributed by atoms with Gasteiger partial charge in [-0.3, -0.25) is 0 Å². The minimum absolute atomic E-state index is 0.00874. The maximum absolute atomic E-state index is 10.6. The molecule has 7 nitrogen and oxygen atoms in total. The zero-order chi connectivity index (χ0) is 12.3. The van der Waals surface area contributed by atoms with Gasteiger partial charge in [0.15, 0.2) is 0 Å². The number of phenols is 1. The first-order valence-corrected chi connectivity index (χ1v) is 8.81. The van der Waals surface area contributed by atoms with E-state index < -0.39 is 22.5 Å². The van der Waals surface area contributed by atoms with Crippen LogP contribution in [0, 0.1) is 0 Å². The van der Waals surface area contributed by atoms with Crippen molar-refractivity contribution in [1.29, 1.82) is 0 Å². The van der Waals surface area contributed by atoms with Crippen LogP contribution in [0.15, 0.2) is 12.1 Å². The quantitative estimate of drug-likeness (QED) is 0.244. The van der Waals surface area contributed by atoms with Crippen LogP contribution in [0.4, 0.5) is 11.4 Å². The van der Waals surface area contributed by atoms with Gasteiger partial charge in [0.1, 0.15) is 0 Å². The number of nitrogens with one attached hydrogen (secondary N) is 2. The van der Waals surface area contributed by atoms with E-state index in [9.17, 15) is 13.5 Å². The predicted molar refractivity (Wildman–Crippen MR) is 56.5 cm³/mol. The standard InChI is InChI=1S/C6H7N2O5S2.Hg/c9-4-1-2-5(7-14(10)11)6(3-4)8-15(12)13;/h1-2,7-9H,(H,10,11)(H,12,13);. The van der Waals surface area contributed by atoms with Crippen molar-refractivity contribution in [3.63, 3.8) is 0 Å². The van der Waals surface area contributed by atoms with Gasteiger partial charge in [-0.15, -0.1) is 0 Å². The molecule has 5 N–H and O–H groups in total. The van der Waals surface area contributed by atoms with Crippen molar-refractivity contribution in [3.8, 4) is 5.75 Å². The van der Waals surface area contributed by atoms with Crippen LogP contribution >= 0.6 is 0 Å². The third-order valence-corrected chi connectivity index (χ3v) is 5.23. The van der Waals surface area contributed by atoms with Crippen LogP contribution < -0.4 is 12.5 Å². The Morgan fingerprint density at radius 3 is 2.19 bits per heavy atom. The van der Waals surface area contributed by atoms with E-state index in [4.69, 9.17) is 9.11 Å². The molecule has 0 spiro atoms. The van der Waals surface area contributed by atoms with Crippen LogP contribution in [0.3, 0.4) is 0 Å². The SMILES string of the molecule is O=S(O)Nc1ccc(O)[c]([Hg])c1NS(=O)O. The van der Waals surface area contributed by atoms with Crippen LogP contribution in [0.1, 0.15) is 0 Å². The molecular weight excluding hydrogens is 445 g/mol. The molecule has 85 valence electrons. The second-order valence-corrected chi connectivity index (χ2v) is 6.84. The number of hydrogen-bond donors (Lipinski definition) is 5. The van der Waals surface area contributed by atoms with Gasteiger partial charge in [-0.05, 0) is 0 Å². The molecule has 1 rings (SSSR count). The van der Waals surface area contributed by atoms with Crippen molar-refractivity contribution in [2.45, 2.75) is 0 Å². The minimum atomic E-state index is -2.31. The molecule has 2 unspecified atom stereocenters. The average molecular weight is 452 g/mol. The molecule has 1 aromatic carbocycles. The van der Waals surface area contributed by atoms with Crippen LogP contribution in [-0.2, 0) is 48.7 Å². The second-order valence-electron chi connectivity index (χ2n) is 2.69. The van der Waals surface area contributed by atoms with Crippen molar-refractivity contribution < 1.29 is 48.8 Å². The fourth-order valence-corrected chi connectivity index (χ4v) is 3.83. The molecule has 0 saturated carbocycles. The van der Waals surface area contributed by atoms with E-state index >= 15 is 0 Å². The van der Waals surface area contributed by atoms with Crippen LogP contribution in [0.2, 0.25) is 0 Å². The zero-order valence-electron chi connectivity index (χ0n) is 7.84. The Hall–Kier alpha value is -0.225. The molecule has 2 atom stereocenters. The predicted octanol–water partition coefficient (Wildman–Crippen LogP) is -0.339. The topological polar surface area (TPSA) is 119 Å². The Morgan fingerprint density at radius 2 is 1.69 bits per heavy atom. The van der Waals surface area contributed by atoms with Crippen molar-refractivity contribution in [2.75, 3.05) is 9.44 Å². The molecule has 10 heteroatoms. The molecular formula is C6H7HgN2O5S2. The molecule has 0 radical (unpaired) electrons. The Morgan fingerprint density at radius 1 is 1.12 bits per heavy atom. The third-order valence-electron chi connectivity index (χ3n) is 1.67. The summed E-state index contributed by atoms with van der Waals surface area (Å²) in [6.45, 7) is 0. The normalized spacial score (nSPS) is 14.2. The van der Waals surface area contributed by atoms with Gasteiger partial charge in [-0.1, -0.05) is 0 Å². The van der Waals surface area contributed by atoms with Gasteiger partial charge in [0.25, 0.3) is 0 Å². The summed E-state index contributed by atoms with van der Waals surface area (Å²) in [6, 6.07) is 2.69. The van der Waals surface area contributed by atoms with E-state index in [0.29, 0.717) is 3.07 Å². The third kappa shape index (κ3) is 3.66. The number of anilines is 2. The Bertz CT molecular complexity index is 455. The van der Waals surface area contributed by atoms with Gasteiger partial charge < -0.3 is 0 Å².